The molecule has 1 heterocycles. The van der Waals surface area contributed by atoms with E-state index in [2.05, 4.69) is 37.8 Å². The molecule has 2 rings (SSSR count). The Morgan fingerprint density at radius 3 is 2.58 bits per heavy atom. The fourth-order valence-electron chi connectivity index (χ4n) is 1.62. The summed E-state index contributed by atoms with van der Waals surface area (Å²) < 4.78 is 1.59. The summed E-state index contributed by atoms with van der Waals surface area (Å²) in [4.78, 5) is 2.32. The van der Waals surface area contributed by atoms with Crippen molar-refractivity contribution in [3.8, 4) is 0 Å². The Balaban J connectivity index is 2.97. The molecule has 0 atom stereocenters. The Bertz CT molecular complexity index is 424. The molecule has 0 fully saturated rings. The van der Waals surface area contributed by atoms with Gasteiger partial charge in [-0.15, -0.1) is 0 Å². The van der Waals surface area contributed by atoms with E-state index in [9.17, 15) is 0 Å². The zero-order valence-electron chi connectivity index (χ0n) is 7.64. The van der Waals surface area contributed by atoms with Crippen LogP contribution in [0, 0.1) is 20.8 Å². The van der Waals surface area contributed by atoms with Crippen molar-refractivity contribution < 1.29 is 0 Å². The molecule has 12 heavy (non-hydrogen) atoms. The van der Waals surface area contributed by atoms with E-state index in [-0.39, 0.29) is 0 Å². The summed E-state index contributed by atoms with van der Waals surface area (Å²) in [6.45, 7) is 6.64. The van der Waals surface area contributed by atoms with Crippen LogP contribution >= 0.6 is 0 Å². The van der Waals surface area contributed by atoms with Gasteiger partial charge in [0.25, 0.3) is 0 Å². The second-order valence-corrected chi connectivity index (χ2v) is 5.22. The standard InChI is InChI=1S/C11H12Se/c1-7-6-8(2)11-10(9(7)3)4-5-12-11/h4-6H,1-3H3. The van der Waals surface area contributed by atoms with Crippen LogP contribution in [0.2, 0.25) is 0 Å². The van der Waals surface area contributed by atoms with Crippen LogP contribution in [0.4, 0.5) is 0 Å². The summed E-state index contributed by atoms with van der Waals surface area (Å²) in [5.74, 6) is 0. The first-order chi connectivity index (χ1) is 5.70. The van der Waals surface area contributed by atoms with Crippen molar-refractivity contribution in [2.45, 2.75) is 20.8 Å². The van der Waals surface area contributed by atoms with E-state index in [4.69, 9.17) is 0 Å². The fourth-order valence-corrected chi connectivity index (χ4v) is 3.58. The summed E-state index contributed by atoms with van der Waals surface area (Å²) in [7, 11) is 0. The zero-order valence-corrected chi connectivity index (χ0v) is 9.35. The molecule has 62 valence electrons. The predicted octanol–water partition coefficient (Wildman–Crippen LogP) is 2.82. The first-order valence-corrected chi connectivity index (χ1v) is 5.98. The van der Waals surface area contributed by atoms with Gasteiger partial charge in [-0.25, -0.2) is 0 Å². The van der Waals surface area contributed by atoms with Crippen molar-refractivity contribution in [2.24, 2.45) is 0 Å². The Labute approximate surface area is 79.0 Å². The number of hydrogen-bond acceptors (Lipinski definition) is 0. The normalized spacial score (nSPS) is 10.9. The number of rotatable bonds is 0. The molecule has 0 unspecified atom stereocenters. The fraction of sp³-hybridized carbons (Fsp3) is 0.273. The second-order valence-electron chi connectivity index (χ2n) is 3.30. The zero-order chi connectivity index (χ0) is 8.72. The van der Waals surface area contributed by atoms with Gasteiger partial charge >= 0.3 is 78.7 Å². The van der Waals surface area contributed by atoms with Crippen LogP contribution in [0.15, 0.2) is 17.1 Å². The number of benzene rings is 1. The van der Waals surface area contributed by atoms with Crippen molar-refractivity contribution in [3.63, 3.8) is 0 Å². The third-order valence-electron chi connectivity index (χ3n) is 2.45. The van der Waals surface area contributed by atoms with Crippen LogP contribution in [0.25, 0.3) is 9.65 Å². The van der Waals surface area contributed by atoms with E-state index >= 15 is 0 Å². The number of fused-ring (bicyclic) bond motifs is 1. The van der Waals surface area contributed by atoms with Crippen molar-refractivity contribution in [2.75, 3.05) is 0 Å². The van der Waals surface area contributed by atoms with E-state index < -0.39 is 0 Å². The maximum absolute atomic E-state index is 2.32. The quantitative estimate of drug-likeness (QED) is 0.602. The SMILES string of the molecule is Cc1cc(C)c2[se]ccc2c1C. The molecule has 0 aliphatic heterocycles. The molecule has 1 aromatic heterocycles. The van der Waals surface area contributed by atoms with Gasteiger partial charge in [0.05, 0.1) is 0 Å². The van der Waals surface area contributed by atoms with Gasteiger partial charge in [0.1, 0.15) is 0 Å². The van der Waals surface area contributed by atoms with Gasteiger partial charge in [-0.05, 0) is 0 Å². The molecular weight excluding hydrogens is 211 g/mol. The summed E-state index contributed by atoms with van der Waals surface area (Å²) >= 11 is 0.595. The van der Waals surface area contributed by atoms with Crippen molar-refractivity contribution in [1.29, 1.82) is 0 Å². The molecule has 1 aromatic carbocycles. The van der Waals surface area contributed by atoms with Gasteiger partial charge in [-0.2, -0.15) is 0 Å². The molecule has 0 saturated carbocycles. The van der Waals surface area contributed by atoms with Crippen LogP contribution in [0.3, 0.4) is 0 Å². The van der Waals surface area contributed by atoms with Crippen LogP contribution in [-0.2, 0) is 0 Å². The summed E-state index contributed by atoms with van der Waals surface area (Å²) in [6, 6.07) is 4.59. The topological polar surface area (TPSA) is 0 Å². The molecule has 0 amide bonds. The Morgan fingerprint density at radius 2 is 1.83 bits per heavy atom. The van der Waals surface area contributed by atoms with Crippen LogP contribution in [-0.4, -0.2) is 14.5 Å². The molecule has 0 nitrogen and oxygen atoms in total. The molecule has 0 saturated heterocycles. The van der Waals surface area contributed by atoms with Crippen LogP contribution in [0.1, 0.15) is 16.7 Å². The van der Waals surface area contributed by atoms with Gasteiger partial charge in [-0.1, -0.05) is 0 Å². The van der Waals surface area contributed by atoms with Crippen LogP contribution in [0.5, 0.6) is 0 Å². The number of aryl methyl sites for hydroxylation is 3. The van der Waals surface area contributed by atoms with Gasteiger partial charge in [0.2, 0.25) is 0 Å². The van der Waals surface area contributed by atoms with E-state index in [1.165, 1.54) is 22.1 Å². The molecule has 0 radical (unpaired) electrons. The van der Waals surface area contributed by atoms with Crippen molar-refractivity contribution >= 4 is 24.1 Å². The second kappa shape index (κ2) is 2.76. The number of hydrogen-bond donors (Lipinski definition) is 0. The molecule has 0 aliphatic rings. The molecular formula is C11H12Se. The van der Waals surface area contributed by atoms with Gasteiger partial charge in [0.15, 0.2) is 0 Å². The third kappa shape index (κ3) is 1.05. The molecule has 0 N–H and O–H groups in total. The monoisotopic (exact) mass is 224 g/mol. The molecule has 0 bridgehead atoms. The first-order valence-electron chi connectivity index (χ1n) is 4.14. The Kier molecular flexibility index (Phi) is 1.86. The average molecular weight is 223 g/mol. The van der Waals surface area contributed by atoms with Crippen molar-refractivity contribution in [3.05, 3.63) is 33.8 Å². The molecule has 2 aromatic rings. The maximum atomic E-state index is 2.32. The summed E-state index contributed by atoms with van der Waals surface area (Å²) in [6.07, 6.45) is 0. The Morgan fingerprint density at radius 1 is 1.08 bits per heavy atom. The summed E-state index contributed by atoms with van der Waals surface area (Å²) in [5.41, 5.74) is 4.36. The van der Waals surface area contributed by atoms with Gasteiger partial charge in [-0.3, -0.25) is 0 Å². The van der Waals surface area contributed by atoms with Crippen LogP contribution < -0.4 is 0 Å². The molecule has 0 aliphatic carbocycles. The van der Waals surface area contributed by atoms with E-state index in [0.717, 1.165) is 0 Å². The third-order valence-corrected chi connectivity index (χ3v) is 4.65. The van der Waals surface area contributed by atoms with E-state index in [1.54, 1.807) is 4.26 Å². The van der Waals surface area contributed by atoms with E-state index in [0.29, 0.717) is 14.5 Å². The van der Waals surface area contributed by atoms with E-state index in [1.807, 2.05) is 0 Å². The first kappa shape index (κ1) is 8.09. The van der Waals surface area contributed by atoms with Gasteiger partial charge in [0, 0.05) is 0 Å². The predicted molar refractivity (Wildman–Crippen MR) is 55.1 cm³/mol. The molecule has 0 spiro atoms. The van der Waals surface area contributed by atoms with Gasteiger partial charge < -0.3 is 0 Å². The summed E-state index contributed by atoms with van der Waals surface area (Å²) in [5, 5.41) is 1.49. The average Bonchev–Trinajstić information content (AvgIpc) is 2.48. The molecule has 1 heteroatoms. The minimum absolute atomic E-state index is 0.595. The minimum atomic E-state index is 0.595. The Hall–Kier alpha value is -0.521. The van der Waals surface area contributed by atoms with Crippen molar-refractivity contribution in [1.82, 2.24) is 0 Å².